The van der Waals surface area contributed by atoms with Crippen LogP contribution in [0.3, 0.4) is 0 Å². The van der Waals surface area contributed by atoms with Gasteiger partial charge < -0.3 is 0 Å². The summed E-state index contributed by atoms with van der Waals surface area (Å²) in [5.74, 6) is 0.0475. The Morgan fingerprint density at radius 1 is 1.62 bits per heavy atom. The van der Waals surface area contributed by atoms with Crippen molar-refractivity contribution in [3.05, 3.63) is 0 Å². The molecule has 50 valence electrons. The normalized spacial score (nSPS) is 15.9. The van der Waals surface area contributed by atoms with E-state index in [1.807, 2.05) is 0 Å². The molecule has 0 N–H and O–H groups in total. The van der Waals surface area contributed by atoms with Crippen LogP contribution in [0.1, 0.15) is 6.92 Å². The van der Waals surface area contributed by atoms with Gasteiger partial charge in [-0.2, -0.15) is 0 Å². The molecule has 0 aliphatic carbocycles. The molecule has 1 unspecified atom stereocenters. The third kappa shape index (κ3) is 2.74. The molecule has 0 aromatic rings. The maximum atomic E-state index is 10.2. The monoisotopic (exact) mass is 176 g/mol. The van der Waals surface area contributed by atoms with Crippen LogP contribution in [0.5, 0.6) is 0 Å². The van der Waals surface area contributed by atoms with E-state index in [2.05, 4.69) is 0 Å². The summed E-state index contributed by atoms with van der Waals surface area (Å²) in [6.07, 6.45) is 0. The molecule has 0 bridgehead atoms. The smallest absolute Gasteiger partial charge is 0.212 e. The van der Waals surface area contributed by atoms with E-state index in [1.165, 1.54) is 6.92 Å². The Labute approximate surface area is 58.2 Å². The molecule has 0 saturated heterocycles. The van der Waals surface area contributed by atoms with E-state index < -0.39 is 14.3 Å². The van der Waals surface area contributed by atoms with Gasteiger partial charge in [-0.1, -0.05) is 0 Å². The second kappa shape index (κ2) is 2.90. The fourth-order valence-corrected chi connectivity index (χ4v) is 1.11. The van der Waals surface area contributed by atoms with Gasteiger partial charge in [-0.3, -0.25) is 0 Å². The average Bonchev–Trinajstić information content (AvgIpc) is 1.62. The minimum absolute atomic E-state index is 0.0475. The van der Waals surface area contributed by atoms with Crippen LogP contribution in [0.25, 0.3) is 0 Å². The quantitative estimate of drug-likeness (QED) is 0.468. The van der Waals surface area contributed by atoms with Crippen LogP contribution < -0.4 is 0 Å². The summed E-state index contributed by atoms with van der Waals surface area (Å²) in [5, 5.41) is -0.647. The fourth-order valence-electron chi connectivity index (χ4n) is 0.0752. The lowest BCUT2D eigenvalue weighted by atomic mass is 10.6. The van der Waals surface area contributed by atoms with Gasteiger partial charge in [-0.25, -0.2) is 8.42 Å². The zero-order valence-corrected chi connectivity index (χ0v) is 6.59. The molecule has 0 aromatic heterocycles. The van der Waals surface area contributed by atoms with Crippen molar-refractivity contribution in [2.24, 2.45) is 0 Å². The molecule has 0 spiro atoms. The lowest BCUT2D eigenvalue weighted by Crippen LogP contribution is -2.12. The molecule has 0 fully saturated rings. The van der Waals surface area contributed by atoms with Crippen LogP contribution in [-0.4, -0.2) is 19.5 Å². The predicted molar refractivity (Wildman–Crippen MR) is 35.0 cm³/mol. The first-order chi connectivity index (χ1) is 3.48. The SMILES string of the molecule is CC(CCl)S(=O)(=O)Cl. The van der Waals surface area contributed by atoms with Crippen molar-refractivity contribution in [3.63, 3.8) is 0 Å². The topological polar surface area (TPSA) is 34.1 Å². The average molecular weight is 177 g/mol. The van der Waals surface area contributed by atoms with E-state index >= 15 is 0 Å². The Morgan fingerprint density at radius 3 is 2.00 bits per heavy atom. The summed E-state index contributed by atoms with van der Waals surface area (Å²) in [4.78, 5) is 0. The summed E-state index contributed by atoms with van der Waals surface area (Å²) in [7, 11) is 1.46. The zero-order chi connectivity index (χ0) is 6.78. The predicted octanol–water partition coefficient (Wildman–Crippen LogP) is 1.18. The molecule has 5 heteroatoms. The summed E-state index contributed by atoms with van der Waals surface area (Å²) in [6, 6.07) is 0. The van der Waals surface area contributed by atoms with Gasteiger partial charge in [0.25, 0.3) is 0 Å². The minimum atomic E-state index is -3.41. The van der Waals surface area contributed by atoms with Crippen molar-refractivity contribution in [1.29, 1.82) is 0 Å². The number of halogens is 2. The molecule has 0 aliphatic heterocycles. The second-order valence-corrected chi connectivity index (χ2v) is 4.80. The highest BCUT2D eigenvalue weighted by molar-refractivity contribution is 8.14. The molecule has 1 atom stereocenters. The summed E-state index contributed by atoms with van der Waals surface area (Å²) >= 11 is 5.17. The summed E-state index contributed by atoms with van der Waals surface area (Å²) in [5.41, 5.74) is 0. The second-order valence-electron chi connectivity index (χ2n) is 1.44. The molecule has 2 nitrogen and oxygen atoms in total. The Hall–Kier alpha value is 0.530. The Morgan fingerprint density at radius 2 is 2.00 bits per heavy atom. The van der Waals surface area contributed by atoms with Gasteiger partial charge in [0.05, 0.1) is 5.25 Å². The minimum Gasteiger partial charge on any atom is -0.212 e. The standard InChI is InChI=1S/C3H6Cl2O2S/c1-3(2-4)8(5,6)7/h3H,2H2,1H3. The Balaban J connectivity index is 4.04. The zero-order valence-electron chi connectivity index (χ0n) is 4.27. The number of hydrogen-bond donors (Lipinski definition) is 0. The van der Waals surface area contributed by atoms with Crippen molar-refractivity contribution in [2.45, 2.75) is 12.2 Å². The van der Waals surface area contributed by atoms with Crippen molar-refractivity contribution >= 4 is 31.3 Å². The van der Waals surface area contributed by atoms with Crippen LogP contribution in [0.15, 0.2) is 0 Å². The maximum Gasteiger partial charge on any atom is 0.236 e. The molecule has 0 aliphatic rings. The van der Waals surface area contributed by atoms with E-state index in [0.29, 0.717) is 0 Å². The molecule has 0 radical (unpaired) electrons. The highest BCUT2D eigenvalue weighted by Crippen LogP contribution is 2.06. The number of alkyl halides is 1. The summed E-state index contributed by atoms with van der Waals surface area (Å²) in [6.45, 7) is 1.45. The fraction of sp³-hybridized carbons (Fsp3) is 1.00. The summed E-state index contributed by atoms with van der Waals surface area (Å²) < 4.78 is 20.5. The van der Waals surface area contributed by atoms with E-state index in [0.717, 1.165) is 0 Å². The van der Waals surface area contributed by atoms with Gasteiger partial charge >= 0.3 is 0 Å². The van der Waals surface area contributed by atoms with Crippen LogP contribution in [-0.2, 0) is 9.05 Å². The van der Waals surface area contributed by atoms with E-state index in [-0.39, 0.29) is 5.88 Å². The lowest BCUT2D eigenvalue weighted by molar-refractivity contribution is 0.602. The number of hydrogen-bond acceptors (Lipinski definition) is 2. The molecule has 0 aromatic carbocycles. The third-order valence-electron chi connectivity index (χ3n) is 0.698. The molecule has 0 heterocycles. The van der Waals surface area contributed by atoms with Gasteiger partial charge in [0.1, 0.15) is 0 Å². The molecule has 0 amide bonds. The first-order valence-electron chi connectivity index (χ1n) is 1.98. The van der Waals surface area contributed by atoms with Gasteiger partial charge in [0.15, 0.2) is 0 Å². The largest absolute Gasteiger partial charge is 0.236 e. The van der Waals surface area contributed by atoms with Gasteiger partial charge in [-0.05, 0) is 6.92 Å². The maximum absolute atomic E-state index is 10.2. The van der Waals surface area contributed by atoms with E-state index in [4.69, 9.17) is 22.3 Å². The molecule has 0 saturated carbocycles. The lowest BCUT2D eigenvalue weighted by Gasteiger charge is -1.98. The highest BCUT2D eigenvalue weighted by atomic mass is 35.7. The van der Waals surface area contributed by atoms with Gasteiger partial charge in [0, 0.05) is 16.6 Å². The Kier molecular flexibility index (Phi) is 3.09. The molecular formula is C3H6Cl2O2S. The van der Waals surface area contributed by atoms with Crippen molar-refractivity contribution in [1.82, 2.24) is 0 Å². The van der Waals surface area contributed by atoms with Crippen molar-refractivity contribution in [3.8, 4) is 0 Å². The third-order valence-corrected chi connectivity index (χ3v) is 3.38. The first-order valence-corrected chi connectivity index (χ1v) is 4.88. The molecule has 0 rings (SSSR count). The molecule has 8 heavy (non-hydrogen) atoms. The van der Waals surface area contributed by atoms with E-state index in [1.54, 1.807) is 0 Å². The van der Waals surface area contributed by atoms with Crippen LogP contribution in [0.2, 0.25) is 0 Å². The van der Waals surface area contributed by atoms with Crippen molar-refractivity contribution < 1.29 is 8.42 Å². The Bertz CT molecular complexity index is 151. The van der Waals surface area contributed by atoms with Crippen molar-refractivity contribution in [2.75, 3.05) is 5.88 Å². The van der Waals surface area contributed by atoms with Crippen LogP contribution >= 0.6 is 22.3 Å². The van der Waals surface area contributed by atoms with Gasteiger partial charge in [0.2, 0.25) is 9.05 Å². The van der Waals surface area contributed by atoms with Crippen LogP contribution in [0, 0.1) is 0 Å². The highest BCUT2D eigenvalue weighted by Gasteiger charge is 2.14. The van der Waals surface area contributed by atoms with Gasteiger partial charge in [-0.15, -0.1) is 11.6 Å². The number of rotatable bonds is 2. The van der Waals surface area contributed by atoms with E-state index in [9.17, 15) is 8.42 Å². The molecular weight excluding hydrogens is 171 g/mol. The van der Waals surface area contributed by atoms with Crippen LogP contribution in [0.4, 0.5) is 0 Å². The first kappa shape index (κ1) is 8.53.